The van der Waals surface area contributed by atoms with Gasteiger partial charge in [-0.1, -0.05) is 17.7 Å². The maximum absolute atomic E-state index is 14.0. The molecule has 2 aromatic rings. The number of hydrogen-bond acceptors (Lipinski definition) is 7. The minimum Gasteiger partial charge on any atom is -0.493 e. The van der Waals surface area contributed by atoms with E-state index in [1.807, 2.05) is 53.4 Å². The second kappa shape index (κ2) is 14.8. The monoisotopic (exact) mass is 598 g/mol. The van der Waals surface area contributed by atoms with Crippen molar-refractivity contribution in [3.8, 4) is 17.2 Å². The quantitative estimate of drug-likeness (QED) is 0.269. The molecule has 0 saturated carbocycles. The van der Waals surface area contributed by atoms with E-state index in [2.05, 4.69) is 19.1 Å². The number of methoxy groups -OCH3 is 2. The molecule has 3 rings (SSSR count). The number of aryl methyl sites for hydroxylation is 3. The van der Waals surface area contributed by atoms with Gasteiger partial charge in [-0.05, 0) is 84.7 Å². The van der Waals surface area contributed by atoms with Gasteiger partial charge in [0.2, 0.25) is 0 Å². The summed E-state index contributed by atoms with van der Waals surface area (Å²) in [4.78, 5) is 30.6. The van der Waals surface area contributed by atoms with Gasteiger partial charge in [0, 0.05) is 50.8 Å². The zero-order valence-electron chi connectivity index (χ0n) is 27.6. The molecule has 1 aliphatic rings. The Balaban J connectivity index is 1.88. The molecule has 2 atom stereocenters. The van der Waals surface area contributed by atoms with Crippen LogP contribution in [0.1, 0.15) is 68.1 Å². The fraction of sp³-hybridized carbons (Fsp3) is 0.588. The number of likely N-dealkylation sites (tertiary alicyclic amines) is 1. The van der Waals surface area contributed by atoms with E-state index in [4.69, 9.17) is 23.7 Å². The molecule has 0 spiro atoms. The number of rotatable bonds is 12. The Hall–Kier alpha value is -3.46. The zero-order valence-corrected chi connectivity index (χ0v) is 27.6. The van der Waals surface area contributed by atoms with Crippen molar-refractivity contribution in [1.82, 2.24) is 9.80 Å². The fourth-order valence-electron chi connectivity index (χ4n) is 5.38. The molecule has 0 radical (unpaired) electrons. The Morgan fingerprint density at radius 1 is 0.977 bits per heavy atom. The minimum absolute atomic E-state index is 0.0975. The second-order valence-electron chi connectivity index (χ2n) is 12.6. The highest BCUT2D eigenvalue weighted by molar-refractivity contribution is 5.95. The van der Waals surface area contributed by atoms with Crippen molar-refractivity contribution in [2.75, 3.05) is 47.1 Å². The highest BCUT2D eigenvalue weighted by atomic mass is 16.6. The van der Waals surface area contributed by atoms with Crippen molar-refractivity contribution < 1.29 is 33.3 Å². The minimum atomic E-state index is -0.618. The van der Waals surface area contributed by atoms with Gasteiger partial charge in [-0.15, -0.1) is 0 Å². The number of amides is 2. The second-order valence-corrected chi connectivity index (χ2v) is 12.6. The molecule has 2 amide bonds. The van der Waals surface area contributed by atoms with Crippen LogP contribution in [0.25, 0.3) is 0 Å². The lowest BCUT2D eigenvalue weighted by Gasteiger charge is -2.32. The van der Waals surface area contributed by atoms with E-state index in [-0.39, 0.29) is 30.1 Å². The fourth-order valence-corrected chi connectivity index (χ4v) is 5.38. The van der Waals surface area contributed by atoms with Crippen LogP contribution in [0.15, 0.2) is 30.3 Å². The molecule has 1 fully saturated rings. The largest absolute Gasteiger partial charge is 0.493 e. The molecule has 9 nitrogen and oxygen atoms in total. The zero-order chi connectivity index (χ0) is 31.9. The van der Waals surface area contributed by atoms with Crippen molar-refractivity contribution in [2.45, 2.75) is 79.6 Å². The van der Waals surface area contributed by atoms with Crippen LogP contribution in [-0.2, 0) is 9.47 Å². The topological polar surface area (TPSA) is 86.8 Å². The first-order valence-electron chi connectivity index (χ1n) is 15.1. The smallest absolute Gasteiger partial charge is 0.410 e. The summed E-state index contributed by atoms with van der Waals surface area (Å²) in [6.07, 6.45) is 0.0126. The number of ether oxygens (including phenoxy) is 5. The average Bonchev–Trinajstić information content (AvgIpc) is 3.32. The molecule has 1 saturated heterocycles. The van der Waals surface area contributed by atoms with Gasteiger partial charge in [-0.2, -0.15) is 0 Å². The number of nitrogens with zero attached hydrogens (tertiary/aromatic N) is 2. The lowest BCUT2D eigenvalue weighted by Crippen LogP contribution is -2.44. The maximum Gasteiger partial charge on any atom is 0.410 e. The first kappa shape index (κ1) is 34.0. The van der Waals surface area contributed by atoms with Crippen LogP contribution in [0.2, 0.25) is 0 Å². The summed E-state index contributed by atoms with van der Waals surface area (Å²) < 4.78 is 28.9. The number of carbonyl (C=O) groups is 2. The van der Waals surface area contributed by atoms with Gasteiger partial charge >= 0.3 is 6.09 Å². The predicted octanol–water partition coefficient (Wildman–Crippen LogP) is 6.20. The summed E-state index contributed by atoms with van der Waals surface area (Å²) in [5.41, 5.74) is 3.13. The first-order chi connectivity index (χ1) is 20.2. The molecule has 238 valence electrons. The van der Waals surface area contributed by atoms with Gasteiger partial charge in [-0.3, -0.25) is 4.79 Å². The van der Waals surface area contributed by atoms with E-state index in [1.54, 1.807) is 37.3 Å². The SMILES string of the molecule is COCCCOc1cc(C(=O)N(C[C@@H]2CN(C(=O)OC(C)(C)C)C[C@H]2Oc2c(C)cc(C)cc2C)C(C)C)ccc1OC. The van der Waals surface area contributed by atoms with E-state index in [9.17, 15) is 9.59 Å². The molecule has 1 aliphatic heterocycles. The van der Waals surface area contributed by atoms with E-state index < -0.39 is 5.60 Å². The molecule has 0 bridgehead atoms. The van der Waals surface area contributed by atoms with Crippen LogP contribution < -0.4 is 14.2 Å². The average molecular weight is 599 g/mol. The molecule has 0 aromatic heterocycles. The highest BCUT2D eigenvalue weighted by Crippen LogP contribution is 2.32. The predicted molar refractivity (Wildman–Crippen MR) is 168 cm³/mol. The van der Waals surface area contributed by atoms with Crippen LogP contribution >= 0.6 is 0 Å². The van der Waals surface area contributed by atoms with Gasteiger partial charge in [0.25, 0.3) is 5.91 Å². The molecular formula is C34H50N2O7. The maximum atomic E-state index is 14.0. The Kier molecular flexibility index (Phi) is 11.7. The Morgan fingerprint density at radius 2 is 1.65 bits per heavy atom. The van der Waals surface area contributed by atoms with E-state index in [1.165, 1.54) is 5.56 Å². The standard InChI is InChI=1S/C34H50N2O7/c1-22(2)36(32(37)26-12-13-28(40-10)29(18-26)41-15-11-14-39-9)20-27-19-35(33(38)43-34(6,7)8)21-30(27)42-31-24(4)16-23(3)17-25(31)5/h12-13,16-18,22,27,30H,11,14-15,19-21H2,1-10H3/t27-,30+/m0/s1. The van der Waals surface area contributed by atoms with E-state index >= 15 is 0 Å². The van der Waals surface area contributed by atoms with Crippen molar-refractivity contribution in [1.29, 1.82) is 0 Å². The van der Waals surface area contributed by atoms with Gasteiger partial charge in [0.15, 0.2) is 11.5 Å². The van der Waals surface area contributed by atoms with Crippen molar-refractivity contribution >= 4 is 12.0 Å². The third-order valence-corrected chi connectivity index (χ3v) is 7.38. The molecule has 0 N–H and O–H groups in total. The number of carbonyl (C=O) groups excluding carboxylic acids is 2. The van der Waals surface area contributed by atoms with E-state index in [0.29, 0.717) is 56.3 Å². The van der Waals surface area contributed by atoms with Crippen molar-refractivity contribution in [3.63, 3.8) is 0 Å². The first-order valence-corrected chi connectivity index (χ1v) is 15.1. The lowest BCUT2D eigenvalue weighted by molar-refractivity contribution is 0.0274. The lowest BCUT2D eigenvalue weighted by atomic mass is 10.0. The van der Waals surface area contributed by atoms with Gasteiger partial charge in [-0.25, -0.2) is 4.79 Å². The third-order valence-electron chi connectivity index (χ3n) is 7.38. The molecule has 2 aromatic carbocycles. The van der Waals surface area contributed by atoms with Crippen LogP contribution in [0.5, 0.6) is 17.2 Å². The number of hydrogen-bond donors (Lipinski definition) is 0. The van der Waals surface area contributed by atoms with Crippen molar-refractivity contribution in [3.05, 3.63) is 52.6 Å². The van der Waals surface area contributed by atoms with Gasteiger partial charge in [0.05, 0.1) is 20.3 Å². The third kappa shape index (κ3) is 9.26. The molecular weight excluding hydrogens is 548 g/mol. The molecule has 9 heteroatoms. The summed E-state index contributed by atoms with van der Waals surface area (Å²) in [6.45, 7) is 17.9. The van der Waals surface area contributed by atoms with Crippen LogP contribution in [0, 0.1) is 26.7 Å². The van der Waals surface area contributed by atoms with Crippen molar-refractivity contribution in [2.24, 2.45) is 5.92 Å². The molecule has 0 unspecified atom stereocenters. The van der Waals surface area contributed by atoms with Crippen LogP contribution in [0.3, 0.4) is 0 Å². The normalized spacial score (nSPS) is 16.8. The highest BCUT2D eigenvalue weighted by Gasteiger charge is 2.41. The van der Waals surface area contributed by atoms with E-state index in [0.717, 1.165) is 16.9 Å². The Labute approximate surface area is 257 Å². The molecule has 0 aliphatic carbocycles. The van der Waals surface area contributed by atoms with Gasteiger partial charge < -0.3 is 33.5 Å². The Bertz CT molecular complexity index is 1230. The molecule has 43 heavy (non-hydrogen) atoms. The summed E-state index contributed by atoms with van der Waals surface area (Å²) in [7, 11) is 3.23. The van der Waals surface area contributed by atoms with Crippen LogP contribution in [0.4, 0.5) is 4.79 Å². The summed E-state index contributed by atoms with van der Waals surface area (Å²) in [5.74, 6) is 1.63. The molecule has 1 heterocycles. The summed E-state index contributed by atoms with van der Waals surface area (Å²) >= 11 is 0. The Morgan fingerprint density at radius 3 is 2.23 bits per heavy atom. The summed E-state index contributed by atoms with van der Waals surface area (Å²) in [6, 6.07) is 9.35. The summed E-state index contributed by atoms with van der Waals surface area (Å²) in [5, 5.41) is 0. The number of benzene rings is 2. The van der Waals surface area contributed by atoms with Gasteiger partial charge in [0.1, 0.15) is 17.5 Å². The van der Waals surface area contributed by atoms with Crippen LogP contribution in [-0.4, -0.2) is 86.6 Å².